The number of anilines is 1. The van der Waals surface area contributed by atoms with Gasteiger partial charge in [-0.25, -0.2) is 4.79 Å². The van der Waals surface area contributed by atoms with E-state index in [1.807, 2.05) is 37.3 Å². The van der Waals surface area contributed by atoms with Gasteiger partial charge in [-0.15, -0.1) is 0 Å². The molecule has 0 fully saturated rings. The Morgan fingerprint density at radius 3 is 2.48 bits per heavy atom. The second kappa shape index (κ2) is 9.39. The van der Waals surface area contributed by atoms with Crippen molar-refractivity contribution < 1.29 is 19.1 Å². The molecule has 0 radical (unpaired) electrons. The number of nitrogens with two attached hydrogens (primary N) is 1. The molecule has 1 amide bonds. The van der Waals surface area contributed by atoms with Crippen LogP contribution in [0.15, 0.2) is 42.5 Å². The van der Waals surface area contributed by atoms with E-state index in [1.165, 1.54) is 11.0 Å². The van der Waals surface area contributed by atoms with Gasteiger partial charge >= 0.3 is 6.16 Å². The summed E-state index contributed by atoms with van der Waals surface area (Å²) in [7, 11) is 1.68. The number of amides is 1. The van der Waals surface area contributed by atoms with E-state index in [0.717, 1.165) is 16.8 Å². The van der Waals surface area contributed by atoms with Gasteiger partial charge in [-0.05, 0) is 55.7 Å². The van der Waals surface area contributed by atoms with Gasteiger partial charge in [0.2, 0.25) is 5.91 Å². The molecule has 0 heterocycles. The Hall–Kier alpha value is -2.57. The first kappa shape index (κ1) is 20.7. The standard InChI is InChI=1S/C20H23ClN2O4/c1-4-26-20(25)27-15-10-13(2)16(17(21)11-15)12-18(22)19(24)23(3)14-8-6-5-7-9-14/h5-11,18H,4,12,22H2,1-3H3/t18-/m0/s1. The van der Waals surface area contributed by atoms with Gasteiger partial charge in [0.1, 0.15) is 5.75 Å². The minimum absolute atomic E-state index is 0.218. The van der Waals surface area contributed by atoms with E-state index < -0.39 is 12.2 Å². The van der Waals surface area contributed by atoms with Crippen LogP contribution in [0, 0.1) is 6.92 Å². The summed E-state index contributed by atoms with van der Waals surface area (Å²) in [6, 6.07) is 11.7. The number of carbonyl (C=O) groups excluding carboxylic acids is 2. The normalized spacial score (nSPS) is 11.6. The summed E-state index contributed by atoms with van der Waals surface area (Å²) in [5, 5.41) is 0.375. The predicted molar refractivity (Wildman–Crippen MR) is 105 cm³/mol. The summed E-state index contributed by atoms with van der Waals surface area (Å²) in [6.45, 7) is 3.72. The average Bonchev–Trinajstić information content (AvgIpc) is 2.64. The zero-order valence-electron chi connectivity index (χ0n) is 15.6. The smallest absolute Gasteiger partial charge is 0.434 e. The summed E-state index contributed by atoms with van der Waals surface area (Å²) in [5.41, 5.74) is 8.39. The first-order chi connectivity index (χ1) is 12.8. The summed E-state index contributed by atoms with van der Waals surface area (Å²) in [6.07, 6.45) is -0.530. The van der Waals surface area contributed by atoms with Crippen LogP contribution >= 0.6 is 11.6 Å². The van der Waals surface area contributed by atoms with Crippen molar-refractivity contribution in [1.82, 2.24) is 0 Å². The molecule has 2 rings (SSSR count). The highest BCUT2D eigenvalue weighted by atomic mass is 35.5. The van der Waals surface area contributed by atoms with E-state index in [1.54, 1.807) is 20.0 Å². The Morgan fingerprint density at radius 2 is 1.89 bits per heavy atom. The molecule has 0 aliphatic heterocycles. The topological polar surface area (TPSA) is 81.9 Å². The third kappa shape index (κ3) is 5.45. The van der Waals surface area contributed by atoms with Crippen LogP contribution in [0.25, 0.3) is 0 Å². The molecule has 7 heteroatoms. The Bertz CT molecular complexity index is 788. The van der Waals surface area contributed by atoms with E-state index in [0.29, 0.717) is 5.02 Å². The lowest BCUT2D eigenvalue weighted by Crippen LogP contribution is -2.43. The van der Waals surface area contributed by atoms with Gasteiger partial charge in [0.05, 0.1) is 12.6 Å². The van der Waals surface area contributed by atoms with E-state index in [-0.39, 0.29) is 24.7 Å². The fourth-order valence-electron chi connectivity index (χ4n) is 2.64. The van der Waals surface area contributed by atoms with Crippen molar-refractivity contribution >= 4 is 29.4 Å². The summed E-state index contributed by atoms with van der Waals surface area (Å²) in [4.78, 5) is 25.6. The maximum atomic E-state index is 12.6. The van der Waals surface area contributed by atoms with Crippen molar-refractivity contribution in [2.24, 2.45) is 5.73 Å². The molecule has 0 aliphatic carbocycles. The molecule has 0 bridgehead atoms. The van der Waals surface area contributed by atoms with Crippen LogP contribution in [-0.2, 0) is 16.0 Å². The molecule has 2 aromatic rings. The number of rotatable bonds is 6. The molecule has 2 N–H and O–H groups in total. The van der Waals surface area contributed by atoms with E-state index >= 15 is 0 Å². The van der Waals surface area contributed by atoms with Crippen molar-refractivity contribution in [3.05, 3.63) is 58.6 Å². The SMILES string of the molecule is CCOC(=O)Oc1cc(C)c(C[C@H](N)C(=O)N(C)c2ccccc2)c(Cl)c1. The minimum Gasteiger partial charge on any atom is -0.434 e. The average molecular weight is 391 g/mol. The largest absolute Gasteiger partial charge is 0.513 e. The van der Waals surface area contributed by atoms with Crippen LogP contribution in [0.1, 0.15) is 18.1 Å². The van der Waals surface area contributed by atoms with Gasteiger partial charge in [0, 0.05) is 17.8 Å². The molecule has 144 valence electrons. The number of hydrogen-bond donors (Lipinski definition) is 1. The van der Waals surface area contributed by atoms with E-state index in [4.69, 9.17) is 26.8 Å². The zero-order chi connectivity index (χ0) is 20.0. The van der Waals surface area contributed by atoms with E-state index in [2.05, 4.69) is 0 Å². The Morgan fingerprint density at radius 1 is 1.22 bits per heavy atom. The number of para-hydroxylation sites is 1. The minimum atomic E-state index is -0.794. The molecule has 1 atom stereocenters. The zero-order valence-corrected chi connectivity index (χ0v) is 16.3. The maximum Gasteiger partial charge on any atom is 0.513 e. The van der Waals surface area contributed by atoms with Gasteiger partial charge in [-0.3, -0.25) is 4.79 Å². The Labute approximate surface area is 163 Å². The van der Waals surface area contributed by atoms with Crippen LogP contribution in [0.4, 0.5) is 10.5 Å². The lowest BCUT2D eigenvalue weighted by molar-refractivity contribution is -0.119. The third-order valence-electron chi connectivity index (χ3n) is 4.07. The molecule has 0 aromatic heterocycles. The van der Waals surface area contributed by atoms with Crippen molar-refractivity contribution in [3.63, 3.8) is 0 Å². The lowest BCUT2D eigenvalue weighted by Gasteiger charge is -2.22. The van der Waals surface area contributed by atoms with Crippen LogP contribution in [0.3, 0.4) is 0 Å². The molecule has 2 aromatic carbocycles. The molecular formula is C20H23ClN2O4. The molecule has 27 heavy (non-hydrogen) atoms. The summed E-state index contributed by atoms with van der Waals surface area (Å²) < 4.78 is 9.81. The Balaban J connectivity index is 2.12. The first-order valence-corrected chi connectivity index (χ1v) is 8.93. The molecule has 0 spiro atoms. The van der Waals surface area contributed by atoms with Crippen LogP contribution in [0.5, 0.6) is 5.75 Å². The quantitative estimate of drug-likeness (QED) is 0.600. The molecule has 0 aliphatic rings. The summed E-state index contributed by atoms with van der Waals surface area (Å²) >= 11 is 6.33. The number of aryl methyl sites for hydroxylation is 1. The van der Waals surface area contributed by atoms with E-state index in [9.17, 15) is 9.59 Å². The van der Waals surface area contributed by atoms with Crippen LogP contribution < -0.4 is 15.4 Å². The first-order valence-electron chi connectivity index (χ1n) is 8.55. The number of carbonyl (C=O) groups is 2. The lowest BCUT2D eigenvalue weighted by atomic mass is 10.00. The number of nitrogens with zero attached hydrogens (tertiary/aromatic N) is 1. The highest BCUT2D eigenvalue weighted by Crippen LogP contribution is 2.28. The van der Waals surface area contributed by atoms with Crippen molar-refractivity contribution in [3.8, 4) is 5.75 Å². The highest BCUT2D eigenvalue weighted by Gasteiger charge is 2.22. The van der Waals surface area contributed by atoms with Gasteiger partial charge in [-0.1, -0.05) is 29.8 Å². The maximum absolute atomic E-state index is 12.6. The summed E-state index contributed by atoms with van der Waals surface area (Å²) in [5.74, 6) is 0.0597. The fraction of sp³-hybridized carbons (Fsp3) is 0.300. The fourth-order valence-corrected chi connectivity index (χ4v) is 2.97. The number of ether oxygens (including phenoxy) is 2. The number of halogens is 1. The van der Waals surface area contributed by atoms with Crippen LogP contribution in [-0.4, -0.2) is 31.8 Å². The third-order valence-corrected chi connectivity index (χ3v) is 4.41. The van der Waals surface area contributed by atoms with Gasteiger partial charge in [0.15, 0.2) is 0 Å². The van der Waals surface area contributed by atoms with Crippen molar-refractivity contribution in [1.29, 1.82) is 0 Å². The molecule has 0 unspecified atom stereocenters. The van der Waals surface area contributed by atoms with Crippen LogP contribution in [0.2, 0.25) is 5.02 Å². The molecule has 0 saturated heterocycles. The molecule has 0 saturated carbocycles. The Kier molecular flexibility index (Phi) is 7.21. The predicted octanol–water partition coefficient (Wildman–Crippen LogP) is 3.72. The van der Waals surface area contributed by atoms with Gasteiger partial charge < -0.3 is 20.1 Å². The number of benzene rings is 2. The van der Waals surface area contributed by atoms with Crippen molar-refractivity contribution in [2.45, 2.75) is 26.3 Å². The van der Waals surface area contributed by atoms with Gasteiger partial charge in [0.25, 0.3) is 0 Å². The number of likely N-dealkylation sites (N-methyl/N-ethyl adjacent to an activating group) is 1. The number of hydrogen-bond acceptors (Lipinski definition) is 5. The van der Waals surface area contributed by atoms with Crippen molar-refractivity contribution in [2.75, 3.05) is 18.6 Å². The second-order valence-corrected chi connectivity index (χ2v) is 6.44. The molecule has 6 nitrogen and oxygen atoms in total. The monoisotopic (exact) mass is 390 g/mol. The molecular weight excluding hydrogens is 368 g/mol. The highest BCUT2D eigenvalue weighted by molar-refractivity contribution is 6.31. The van der Waals surface area contributed by atoms with Gasteiger partial charge in [-0.2, -0.15) is 0 Å². The second-order valence-electron chi connectivity index (χ2n) is 6.03.